The number of likely N-dealkylation sites (N-methyl/N-ethyl adjacent to an activating group) is 1. The quantitative estimate of drug-likeness (QED) is 0.491. The van der Waals surface area contributed by atoms with Crippen LogP contribution in [0.5, 0.6) is 11.5 Å². The molecule has 0 saturated carbocycles. The molecule has 7 nitrogen and oxygen atoms in total. The van der Waals surface area contributed by atoms with Crippen molar-refractivity contribution in [3.63, 3.8) is 0 Å². The molecule has 180 valence electrons. The van der Waals surface area contributed by atoms with E-state index in [2.05, 4.69) is 37.9 Å². The summed E-state index contributed by atoms with van der Waals surface area (Å²) in [5.41, 5.74) is 1.25. The minimum absolute atomic E-state index is 0.0122. The van der Waals surface area contributed by atoms with Gasteiger partial charge in [0.2, 0.25) is 0 Å². The molecule has 0 unspecified atom stereocenters. The Hall–Kier alpha value is -3.06. The summed E-state index contributed by atoms with van der Waals surface area (Å²) in [6.45, 7) is 12.6. The van der Waals surface area contributed by atoms with Gasteiger partial charge in [-0.15, -0.1) is 0 Å². The van der Waals surface area contributed by atoms with Gasteiger partial charge in [-0.1, -0.05) is 33.8 Å². The molecule has 0 bridgehead atoms. The number of carbonyl (C=O) groups is 2. The molecule has 0 aliphatic carbocycles. The minimum atomic E-state index is -0.275. The normalized spacial score (nSPS) is 10.9. The number of methoxy groups -OCH3 is 1. The third-order valence-corrected chi connectivity index (χ3v) is 5.28. The van der Waals surface area contributed by atoms with Gasteiger partial charge in [0, 0.05) is 37.0 Å². The van der Waals surface area contributed by atoms with Gasteiger partial charge in [0.25, 0.3) is 11.8 Å². The Labute approximate surface area is 197 Å². The van der Waals surface area contributed by atoms with Gasteiger partial charge in [-0.05, 0) is 55.4 Å². The molecule has 0 radical (unpaired) electrons. The van der Waals surface area contributed by atoms with Crippen molar-refractivity contribution in [3.05, 3.63) is 54.1 Å². The first-order valence-electron chi connectivity index (χ1n) is 11.5. The molecular formula is C26H37N3O4. The summed E-state index contributed by atoms with van der Waals surface area (Å²) in [6, 6.07) is 14.1. The largest absolute Gasteiger partial charge is 0.497 e. The maximum absolute atomic E-state index is 13.1. The van der Waals surface area contributed by atoms with E-state index in [1.165, 1.54) is 0 Å². The van der Waals surface area contributed by atoms with Crippen LogP contribution in [-0.4, -0.2) is 68.1 Å². The highest BCUT2D eigenvalue weighted by Crippen LogP contribution is 2.17. The van der Waals surface area contributed by atoms with Crippen molar-refractivity contribution in [1.29, 1.82) is 0 Å². The molecule has 33 heavy (non-hydrogen) atoms. The molecule has 2 aromatic carbocycles. The summed E-state index contributed by atoms with van der Waals surface area (Å²) in [7, 11) is 1.57. The maximum atomic E-state index is 13.1. The lowest BCUT2D eigenvalue weighted by molar-refractivity contribution is -0.118. The molecule has 0 fully saturated rings. The number of benzene rings is 2. The molecule has 0 heterocycles. The highest BCUT2D eigenvalue weighted by molar-refractivity contribution is 5.94. The zero-order valence-electron chi connectivity index (χ0n) is 20.5. The fraction of sp³-hybridized carbons (Fsp3) is 0.462. The second kappa shape index (κ2) is 13.5. The maximum Gasteiger partial charge on any atom is 0.262 e. The van der Waals surface area contributed by atoms with Crippen LogP contribution in [0, 0.1) is 5.92 Å². The highest BCUT2D eigenvalue weighted by atomic mass is 16.5. The monoisotopic (exact) mass is 455 g/mol. The van der Waals surface area contributed by atoms with E-state index in [1.807, 2.05) is 4.90 Å². The van der Waals surface area contributed by atoms with E-state index in [1.54, 1.807) is 55.6 Å². The Morgan fingerprint density at radius 1 is 0.970 bits per heavy atom. The second-order valence-electron chi connectivity index (χ2n) is 8.27. The van der Waals surface area contributed by atoms with Crippen LogP contribution in [-0.2, 0) is 4.79 Å². The lowest BCUT2D eigenvalue weighted by atomic mass is 10.1. The van der Waals surface area contributed by atoms with Crippen LogP contribution in [0.4, 0.5) is 5.69 Å². The van der Waals surface area contributed by atoms with Crippen molar-refractivity contribution in [2.45, 2.75) is 27.7 Å². The average Bonchev–Trinajstić information content (AvgIpc) is 2.82. The van der Waals surface area contributed by atoms with Crippen LogP contribution in [0.25, 0.3) is 0 Å². The van der Waals surface area contributed by atoms with E-state index in [-0.39, 0.29) is 18.4 Å². The first-order valence-corrected chi connectivity index (χ1v) is 11.5. The summed E-state index contributed by atoms with van der Waals surface area (Å²) in [5, 5.41) is 2.77. The highest BCUT2D eigenvalue weighted by Gasteiger charge is 2.18. The SMILES string of the molecule is CCN(CC)CCN(CC(C)C)C(=O)c1ccc(OCC(=O)Nc2cccc(OC)c2)cc1. The van der Waals surface area contributed by atoms with E-state index < -0.39 is 0 Å². The Bertz CT molecular complexity index is 879. The Morgan fingerprint density at radius 2 is 1.67 bits per heavy atom. The summed E-state index contributed by atoms with van der Waals surface area (Å²) in [6.07, 6.45) is 0. The van der Waals surface area contributed by atoms with E-state index in [4.69, 9.17) is 9.47 Å². The van der Waals surface area contributed by atoms with Gasteiger partial charge in [0.1, 0.15) is 11.5 Å². The van der Waals surface area contributed by atoms with Gasteiger partial charge < -0.3 is 24.6 Å². The molecule has 0 aromatic heterocycles. The molecule has 0 atom stereocenters. The number of nitrogens with one attached hydrogen (secondary N) is 1. The number of hydrogen-bond donors (Lipinski definition) is 1. The van der Waals surface area contributed by atoms with E-state index in [0.29, 0.717) is 41.8 Å². The molecule has 0 saturated heterocycles. The second-order valence-corrected chi connectivity index (χ2v) is 8.27. The van der Waals surface area contributed by atoms with Crippen molar-refractivity contribution in [1.82, 2.24) is 9.80 Å². The Morgan fingerprint density at radius 3 is 2.27 bits per heavy atom. The lowest BCUT2D eigenvalue weighted by Gasteiger charge is -2.28. The number of hydrogen-bond acceptors (Lipinski definition) is 5. The first kappa shape index (κ1) is 26.2. The Balaban J connectivity index is 1.93. The van der Waals surface area contributed by atoms with E-state index in [9.17, 15) is 9.59 Å². The summed E-state index contributed by atoms with van der Waals surface area (Å²) in [4.78, 5) is 29.5. The van der Waals surface area contributed by atoms with Crippen LogP contribution in [0.15, 0.2) is 48.5 Å². The van der Waals surface area contributed by atoms with Crippen molar-refractivity contribution in [2.24, 2.45) is 5.92 Å². The predicted octanol–water partition coefficient (Wildman–Crippen LogP) is 4.15. The zero-order chi connectivity index (χ0) is 24.2. The van der Waals surface area contributed by atoms with Crippen LogP contribution < -0.4 is 14.8 Å². The van der Waals surface area contributed by atoms with E-state index in [0.717, 1.165) is 19.6 Å². The van der Waals surface area contributed by atoms with Crippen molar-refractivity contribution >= 4 is 17.5 Å². The number of amides is 2. The van der Waals surface area contributed by atoms with Gasteiger partial charge in [-0.2, -0.15) is 0 Å². The number of rotatable bonds is 13. The molecular weight excluding hydrogens is 418 g/mol. The van der Waals surface area contributed by atoms with Gasteiger partial charge in [-0.3, -0.25) is 9.59 Å². The van der Waals surface area contributed by atoms with E-state index >= 15 is 0 Å². The fourth-order valence-corrected chi connectivity index (χ4v) is 3.44. The van der Waals surface area contributed by atoms with Gasteiger partial charge in [0.15, 0.2) is 6.61 Å². The molecule has 7 heteroatoms. The average molecular weight is 456 g/mol. The standard InChI is InChI=1S/C26H37N3O4/c1-6-28(7-2)15-16-29(18-20(3)4)26(31)21-11-13-23(14-12-21)33-19-25(30)27-22-9-8-10-24(17-22)32-5/h8-14,17,20H,6-7,15-16,18-19H2,1-5H3,(H,27,30). The van der Waals surface area contributed by atoms with Crippen LogP contribution in [0.2, 0.25) is 0 Å². The molecule has 0 spiro atoms. The van der Waals surface area contributed by atoms with Gasteiger partial charge >= 0.3 is 0 Å². The van der Waals surface area contributed by atoms with Crippen LogP contribution >= 0.6 is 0 Å². The van der Waals surface area contributed by atoms with Gasteiger partial charge in [0.05, 0.1) is 7.11 Å². The number of nitrogens with zero attached hydrogens (tertiary/aromatic N) is 2. The smallest absolute Gasteiger partial charge is 0.262 e. The molecule has 0 aliphatic rings. The Kier molecular flexibility index (Phi) is 10.7. The number of anilines is 1. The number of ether oxygens (including phenoxy) is 2. The first-order chi connectivity index (χ1) is 15.9. The lowest BCUT2D eigenvalue weighted by Crippen LogP contribution is -2.40. The fourth-order valence-electron chi connectivity index (χ4n) is 3.44. The van der Waals surface area contributed by atoms with Gasteiger partial charge in [-0.25, -0.2) is 0 Å². The topological polar surface area (TPSA) is 71.1 Å². The minimum Gasteiger partial charge on any atom is -0.497 e. The van der Waals surface area contributed by atoms with Crippen LogP contribution in [0.3, 0.4) is 0 Å². The molecule has 1 N–H and O–H groups in total. The molecule has 0 aliphatic heterocycles. The molecule has 2 rings (SSSR count). The molecule has 2 aromatic rings. The third-order valence-electron chi connectivity index (χ3n) is 5.28. The van der Waals surface area contributed by atoms with Crippen LogP contribution in [0.1, 0.15) is 38.1 Å². The van der Waals surface area contributed by atoms with Crippen molar-refractivity contribution in [2.75, 3.05) is 51.8 Å². The van der Waals surface area contributed by atoms with Crippen molar-refractivity contribution < 1.29 is 19.1 Å². The predicted molar refractivity (Wildman–Crippen MR) is 132 cm³/mol. The van der Waals surface area contributed by atoms with Crippen molar-refractivity contribution in [3.8, 4) is 11.5 Å². The summed E-state index contributed by atoms with van der Waals surface area (Å²) >= 11 is 0. The summed E-state index contributed by atoms with van der Waals surface area (Å²) in [5.74, 6) is 1.32. The number of carbonyl (C=O) groups excluding carboxylic acids is 2. The third kappa shape index (κ3) is 8.77. The zero-order valence-corrected chi connectivity index (χ0v) is 20.5. The summed E-state index contributed by atoms with van der Waals surface area (Å²) < 4.78 is 10.7. The molecule has 2 amide bonds.